The Morgan fingerprint density at radius 3 is 1.19 bits per heavy atom. The third-order valence-corrected chi connectivity index (χ3v) is 11.9. The van der Waals surface area contributed by atoms with Crippen LogP contribution < -0.4 is 0 Å². The van der Waals surface area contributed by atoms with Gasteiger partial charge in [0.25, 0.3) is 0 Å². The second-order valence-corrected chi connectivity index (χ2v) is 17.7. The van der Waals surface area contributed by atoms with Gasteiger partial charge in [0.05, 0.1) is 6.61 Å². The molecule has 0 aromatic carbocycles. The molecule has 6 unspecified atom stereocenters. The van der Waals surface area contributed by atoms with E-state index in [-0.39, 0.29) is 12.8 Å². The highest BCUT2D eigenvalue weighted by Crippen LogP contribution is 2.47. The molecule has 0 spiro atoms. The van der Waals surface area contributed by atoms with Gasteiger partial charge in [-0.25, -0.2) is 4.57 Å². The van der Waals surface area contributed by atoms with Crippen LogP contribution in [0.15, 0.2) is 0 Å². The number of aliphatic hydroxyl groups excluding tert-OH is 5. The first-order valence-corrected chi connectivity index (χ1v) is 24.3. The van der Waals surface area contributed by atoms with Crippen molar-refractivity contribution >= 4 is 19.8 Å². The molecule has 14 heteroatoms. The zero-order valence-corrected chi connectivity index (χ0v) is 36.6. The number of carbonyl (C=O) groups excluding carboxylic acids is 2. The fourth-order valence-corrected chi connectivity index (χ4v) is 8.24. The molecule has 57 heavy (non-hydrogen) atoms. The van der Waals surface area contributed by atoms with Crippen LogP contribution >= 0.6 is 7.82 Å². The van der Waals surface area contributed by atoms with E-state index < -0.39 is 75.7 Å². The van der Waals surface area contributed by atoms with Gasteiger partial charge in [-0.2, -0.15) is 0 Å². The first kappa shape index (κ1) is 53.9. The van der Waals surface area contributed by atoms with Crippen LogP contribution in [-0.2, 0) is 32.7 Å². The molecule has 0 bridgehead atoms. The second-order valence-electron chi connectivity index (χ2n) is 16.3. The van der Waals surface area contributed by atoms with Crippen molar-refractivity contribution in [2.24, 2.45) is 0 Å². The molecule has 8 atom stereocenters. The summed E-state index contributed by atoms with van der Waals surface area (Å²) in [6.07, 6.45) is 22.9. The van der Waals surface area contributed by atoms with Gasteiger partial charge in [-0.1, -0.05) is 181 Å². The van der Waals surface area contributed by atoms with Gasteiger partial charge in [0.2, 0.25) is 0 Å². The van der Waals surface area contributed by atoms with Crippen molar-refractivity contribution in [1.29, 1.82) is 0 Å². The number of hydrogen-bond donors (Lipinski definition) is 6. The van der Waals surface area contributed by atoms with Crippen molar-refractivity contribution in [1.82, 2.24) is 0 Å². The van der Waals surface area contributed by atoms with E-state index in [0.29, 0.717) is 12.8 Å². The van der Waals surface area contributed by atoms with Gasteiger partial charge in [-0.05, 0) is 12.8 Å². The topological polar surface area (TPSA) is 210 Å². The predicted octanol–water partition coefficient (Wildman–Crippen LogP) is 8.50. The monoisotopic (exact) mass is 839 g/mol. The summed E-state index contributed by atoms with van der Waals surface area (Å²) in [6.45, 7) is 2.86. The predicted molar refractivity (Wildman–Crippen MR) is 221 cm³/mol. The highest BCUT2D eigenvalue weighted by atomic mass is 31.2. The van der Waals surface area contributed by atoms with Gasteiger partial charge in [-0.3, -0.25) is 18.6 Å². The number of phosphoric acid groups is 1. The van der Waals surface area contributed by atoms with Gasteiger partial charge >= 0.3 is 19.8 Å². The number of esters is 2. The number of ether oxygens (including phenoxy) is 2. The summed E-state index contributed by atoms with van der Waals surface area (Å²) >= 11 is 0. The third-order valence-electron chi connectivity index (χ3n) is 10.9. The summed E-state index contributed by atoms with van der Waals surface area (Å²) < 4.78 is 32.7. The van der Waals surface area contributed by atoms with Gasteiger partial charge in [0.1, 0.15) is 43.2 Å². The third kappa shape index (κ3) is 27.3. The maximum atomic E-state index is 12.6. The molecule has 1 rings (SSSR count). The van der Waals surface area contributed by atoms with E-state index in [1.807, 2.05) is 0 Å². The van der Waals surface area contributed by atoms with Crippen LogP contribution in [0.2, 0.25) is 0 Å². The molecule has 0 amide bonds. The van der Waals surface area contributed by atoms with Crippen molar-refractivity contribution in [3.05, 3.63) is 0 Å². The van der Waals surface area contributed by atoms with E-state index in [9.17, 15) is 44.6 Å². The number of rotatable bonds is 38. The SMILES string of the molecule is CCCCCCCCCCCCCCCCCCCCCCCCCCCCCC(=O)OC[C@H](COP(=O)(O)OC1C(O)C(O)C(O)[C@@H](O)C1O)OC(=O)CCC. The molecule has 0 saturated heterocycles. The fourth-order valence-electron chi connectivity index (χ4n) is 7.27. The lowest BCUT2D eigenvalue weighted by molar-refractivity contribution is -0.220. The first-order chi connectivity index (χ1) is 27.4. The van der Waals surface area contributed by atoms with Gasteiger partial charge in [0.15, 0.2) is 6.10 Å². The molecule has 338 valence electrons. The Kier molecular flexibility index (Phi) is 32.7. The van der Waals surface area contributed by atoms with Crippen molar-refractivity contribution < 1.29 is 63.1 Å². The highest BCUT2D eigenvalue weighted by molar-refractivity contribution is 7.47. The summed E-state index contributed by atoms with van der Waals surface area (Å²) in [4.78, 5) is 34.7. The molecule has 6 N–H and O–H groups in total. The zero-order chi connectivity index (χ0) is 42.2. The van der Waals surface area contributed by atoms with Crippen LogP contribution in [0.25, 0.3) is 0 Å². The standard InChI is InChI=1S/C43H83O13P/c1-3-5-6-7-8-9-10-11-12-13-14-15-16-17-18-19-20-21-22-23-24-25-26-27-28-29-30-32-36(44)53-33-35(55-37(45)31-4-2)34-54-57(51,52)56-43-41(49)39(47)38(46)40(48)42(43)50/h35,38-43,46-50H,3-34H2,1-2H3,(H,51,52)/t35-,38?,39-,40?,41?,42?,43?/m1/s1. The van der Waals surface area contributed by atoms with Crippen LogP contribution in [-0.4, -0.2) is 98.3 Å². The Morgan fingerprint density at radius 2 is 0.825 bits per heavy atom. The van der Waals surface area contributed by atoms with Crippen molar-refractivity contribution in [3.8, 4) is 0 Å². The first-order valence-electron chi connectivity index (χ1n) is 22.8. The second kappa shape index (κ2) is 34.6. The zero-order valence-electron chi connectivity index (χ0n) is 35.7. The van der Waals surface area contributed by atoms with Crippen molar-refractivity contribution in [2.45, 2.75) is 249 Å². The molecular formula is C43H83O13P. The summed E-state index contributed by atoms with van der Waals surface area (Å²) in [5.41, 5.74) is 0. The van der Waals surface area contributed by atoms with E-state index >= 15 is 0 Å². The normalized spacial score (nSPS) is 22.6. The molecule has 1 saturated carbocycles. The maximum Gasteiger partial charge on any atom is 0.472 e. The molecule has 0 aromatic heterocycles. The van der Waals surface area contributed by atoms with Crippen LogP contribution in [0.1, 0.15) is 206 Å². The Morgan fingerprint density at radius 1 is 0.474 bits per heavy atom. The Balaban J connectivity index is 2.05. The number of phosphoric ester groups is 1. The summed E-state index contributed by atoms with van der Waals surface area (Å²) in [7, 11) is -5.08. The minimum absolute atomic E-state index is 0.0515. The van der Waals surface area contributed by atoms with Gasteiger partial charge in [-0.15, -0.1) is 0 Å². The fraction of sp³-hybridized carbons (Fsp3) is 0.953. The summed E-state index contributed by atoms with van der Waals surface area (Å²) in [5, 5.41) is 49.6. The number of unbranched alkanes of at least 4 members (excludes halogenated alkanes) is 26. The van der Waals surface area contributed by atoms with Crippen LogP contribution in [0.3, 0.4) is 0 Å². The quantitative estimate of drug-likeness (QED) is 0.0196. The average Bonchev–Trinajstić information content (AvgIpc) is 3.18. The molecule has 0 aliphatic heterocycles. The van der Waals surface area contributed by atoms with E-state index in [2.05, 4.69) is 6.92 Å². The minimum atomic E-state index is -5.08. The molecule has 1 aliphatic carbocycles. The largest absolute Gasteiger partial charge is 0.472 e. The molecule has 1 aliphatic rings. The number of aliphatic hydroxyl groups is 5. The number of carbonyl (C=O) groups is 2. The minimum Gasteiger partial charge on any atom is -0.462 e. The number of hydrogen-bond acceptors (Lipinski definition) is 12. The average molecular weight is 839 g/mol. The molecule has 1 fully saturated rings. The Bertz CT molecular complexity index is 1020. The van der Waals surface area contributed by atoms with E-state index in [4.69, 9.17) is 18.5 Å². The lowest BCUT2D eigenvalue weighted by Crippen LogP contribution is -2.64. The summed E-state index contributed by atoms with van der Waals surface area (Å²) in [6, 6.07) is 0. The molecule has 0 heterocycles. The molecular weight excluding hydrogens is 755 g/mol. The lowest BCUT2D eigenvalue weighted by Gasteiger charge is -2.41. The Hall–Kier alpha value is -1.15. The van der Waals surface area contributed by atoms with Crippen molar-refractivity contribution in [2.75, 3.05) is 13.2 Å². The van der Waals surface area contributed by atoms with E-state index in [0.717, 1.165) is 19.3 Å². The smallest absolute Gasteiger partial charge is 0.462 e. The lowest BCUT2D eigenvalue weighted by atomic mass is 9.85. The van der Waals surface area contributed by atoms with Gasteiger partial charge < -0.3 is 39.9 Å². The van der Waals surface area contributed by atoms with Crippen LogP contribution in [0.5, 0.6) is 0 Å². The van der Waals surface area contributed by atoms with Crippen LogP contribution in [0.4, 0.5) is 0 Å². The molecule has 13 nitrogen and oxygen atoms in total. The summed E-state index contributed by atoms with van der Waals surface area (Å²) in [5.74, 6) is -1.15. The van der Waals surface area contributed by atoms with Crippen molar-refractivity contribution in [3.63, 3.8) is 0 Å². The molecule has 0 aromatic rings. The van der Waals surface area contributed by atoms with Gasteiger partial charge in [0, 0.05) is 12.8 Å². The molecule has 0 radical (unpaired) electrons. The maximum absolute atomic E-state index is 12.6. The van der Waals surface area contributed by atoms with Crippen LogP contribution in [0, 0.1) is 0 Å². The van der Waals surface area contributed by atoms with E-state index in [1.54, 1.807) is 6.92 Å². The Labute approximate surface area is 344 Å². The van der Waals surface area contributed by atoms with E-state index in [1.165, 1.54) is 148 Å². The highest BCUT2D eigenvalue weighted by Gasteiger charge is 2.51.